The minimum Gasteiger partial charge on any atom is -0.466 e. The first-order chi connectivity index (χ1) is 17.0. The van der Waals surface area contributed by atoms with Crippen LogP contribution in [-0.2, 0) is 22.3 Å². The first kappa shape index (κ1) is 27.1. The van der Waals surface area contributed by atoms with Gasteiger partial charge in [0.05, 0.1) is 12.7 Å². The number of benzene rings is 2. The summed E-state index contributed by atoms with van der Waals surface area (Å²) < 4.78 is 43.3. The number of hydrogen-bond donors (Lipinski definition) is 1. The molecule has 3 rings (SSSR count). The van der Waals surface area contributed by atoms with Crippen molar-refractivity contribution in [2.45, 2.75) is 32.5 Å². The Labute approximate surface area is 211 Å². The van der Waals surface area contributed by atoms with Crippen LogP contribution in [0.1, 0.15) is 57.3 Å². The van der Waals surface area contributed by atoms with Gasteiger partial charge >= 0.3 is 12.1 Å². The summed E-state index contributed by atoms with van der Waals surface area (Å²) in [5, 5.41) is 0. The summed E-state index contributed by atoms with van der Waals surface area (Å²) in [5.74, 6) is -0.551. The van der Waals surface area contributed by atoms with Gasteiger partial charge in [-0.15, -0.1) is 11.3 Å². The number of rotatable bonds is 8. The number of halogens is 3. The van der Waals surface area contributed by atoms with Crippen LogP contribution in [-0.4, -0.2) is 18.9 Å². The summed E-state index contributed by atoms with van der Waals surface area (Å²) in [7, 11) is 1.29. The Morgan fingerprint density at radius 3 is 2.31 bits per heavy atom. The van der Waals surface area contributed by atoms with E-state index in [1.807, 2.05) is 19.9 Å². The molecule has 2 N–H and O–H groups in total. The molecule has 0 atom stereocenters. The monoisotopic (exact) mass is 513 g/mol. The van der Waals surface area contributed by atoms with Crippen LogP contribution in [0.4, 0.5) is 13.2 Å². The molecule has 0 aliphatic heterocycles. The third-order valence-electron chi connectivity index (χ3n) is 5.54. The summed E-state index contributed by atoms with van der Waals surface area (Å²) in [6, 6.07) is 12.1. The molecule has 36 heavy (non-hydrogen) atoms. The average Bonchev–Trinajstić information content (AvgIpc) is 3.30. The van der Waals surface area contributed by atoms with E-state index < -0.39 is 17.7 Å². The van der Waals surface area contributed by atoms with Crippen molar-refractivity contribution in [3.05, 3.63) is 93.4 Å². The Bertz CT molecular complexity index is 1300. The molecule has 0 amide bonds. The fourth-order valence-corrected chi connectivity index (χ4v) is 4.76. The van der Waals surface area contributed by atoms with Gasteiger partial charge in [0.25, 0.3) is 0 Å². The van der Waals surface area contributed by atoms with E-state index in [0.29, 0.717) is 22.3 Å². The van der Waals surface area contributed by atoms with E-state index in [0.717, 1.165) is 27.5 Å². The lowest BCUT2D eigenvalue weighted by Gasteiger charge is -2.06. The molecule has 1 heterocycles. The molecule has 0 unspecified atom stereocenters. The lowest BCUT2D eigenvalue weighted by molar-refractivity contribution is -0.137. The summed E-state index contributed by atoms with van der Waals surface area (Å²) in [6.07, 6.45) is 1.71. The molecule has 0 spiro atoms. The Morgan fingerprint density at radius 2 is 1.72 bits per heavy atom. The van der Waals surface area contributed by atoms with Crippen LogP contribution >= 0.6 is 11.3 Å². The van der Waals surface area contributed by atoms with Crippen LogP contribution < -0.4 is 5.73 Å². The predicted octanol–water partition coefficient (Wildman–Crippen LogP) is 7.10. The molecule has 4 nitrogen and oxygen atoms in total. The molecule has 3 aromatic rings. The number of alkyl halides is 3. The van der Waals surface area contributed by atoms with Gasteiger partial charge in [0.1, 0.15) is 0 Å². The van der Waals surface area contributed by atoms with E-state index >= 15 is 0 Å². The van der Waals surface area contributed by atoms with Gasteiger partial charge < -0.3 is 10.5 Å². The number of hydrogen-bond acceptors (Lipinski definition) is 5. The molecule has 1 aromatic heterocycles. The zero-order valence-electron chi connectivity index (χ0n) is 20.1. The van der Waals surface area contributed by atoms with E-state index in [-0.39, 0.29) is 18.2 Å². The van der Waals surface area contributed by atoms with Crippen molar-refractivity contribution in [1.29, 1.82) is 0 Å². The smallest absolute Gasteiger partial charge is 0.416 e. The van der Waals surface area contributed by atoms with Crippen molar-refractivity contribution < 1.29 is 27.5 Å². The van der Waals surface area contributed by atoms with Crippen molar-refractivity contribution in [2.24, 2.45) is 5.73 Å². The molecule has 0 saturated carbocycles. The number of thiophene rings is 1. The Hall–Kier alpha value is -3.49. The third-order valence-corrected chi connectivity index (χ3v) is 6.71. The van der Waals surface area contributed by atoms with Gasteiger partial charge in [-0.3, -0.25) is 4.79 Å². The largest absolute Gasteiger partial charge is 0.466 e. The van der Waals surface area contributed by atoms with Gasteiger partial charge in [-0.25, -0.2) is 4.79 Å². The highest BCUT2D eigenvalue weighted by Crippen LogP contribution is 2.37. The molecule has 188 valence electrons. The second-order valence-corrected chi connectivity index (χ2v) is 9.42. The zero-order chi connectivity index (χ0) is 26.5. The second kappa shape index (κ2) is 11.5. The van der Waals surface area contributed by atoms with Crippen molar-refractivity contribution in [1.82, 2.24) is 0 Å². The maximum Gasteiger partial charge on any atom is 0.416 e. The normalized spacial score (nSPS) is 12.1. The molecule has 0 fully saturated rings. The molecule has 8 heteroatoms. The number of nitrogens with two attached hydrogens (primary N) is 1. The second-order valence-electron chi connectivity index (χ2n) is 8.33. The standard InChI is InChI=1S/C28H26F3NO3S/c1-17(2)23-15-26(19-6-9-22(10-7-19)28(29,30)31)36-25(23)12-11-24(33)20-5-4-18(21(14-20)16-32)8-13-27(34)35-3/h4-15,17H,16,32H2,1-3H3. The van der Waals surface area contributed by atoms with Crippen molar-refractivity contribution in [3.8, 4) is 10.4 Å². The molecule has 0 saturated heterocycles. The van der Waals surface area contributed by atoms with Gasteiger partial charge in [-0.1, -0.05) is 38.1 Å². The number of carbonyl (C=O) groups excluding carboxylic acids is 2. The van der Waals surface area contributed by atoms with Crippen LogP contribution in [0.5, 0.6) is 0 Å². The fourth-order valence-electron chi connectivity index (χ4n) is 3.54. The number of esters is 1. The summed E-state index contributed by atoms with van der Waals surface area (Å²) >= 11 is 1.42. The van der Waals surface area contributed by atoms with Crippen LogP contribution in [0.15, 0.2) is 60.7 Å². The number of methoxy groups -OCH3 is 1. The minimum atomic E-state index is -4.38. The highest BCUT2D eigenvalue weighted by molar-refractivity contribution is 7.16. The van der Waals surface area contributed by atoms with Gasteiger partial charge in [-0.2, -0.15) is 13.2 Å². The van der Waals surface area contributed by atoms with E-state index in [2.05, 4.69) is 4.74 Å². The van der Waals surface area contributed by atoms with E-state index in [1.165, 1.54) is 42.7 Å². The van der Waals surface area contributed by atoms with Crippen LogP contribution in [0.25, 0.3) is 22.6 Å². The van der Waals surface area contributed by atoms with E-state index in [4.69, 9.17) is 5.73 Å². The lowest BCUT2D eigenvalue weighted by atomic mass is 10.00. The molecule has 0 aliphatic rings. The number of ether oxygens (including phenoxy) is 1. The molecule has 2 aromatic carbocycles. The summed E-state index contributed by atoms with van der Waals surface area (Å²) in [4.78, 5) is 25.9. The molecular formula is C28H26F3NO3S. The Morgan fingerprint density at radius 1 is 1.03 bits per heavy atom. The van der Waals surface area contributed by atoms with Gasteiger partial charge in [0.15, 0.2) is 5.78 Å². The Balaban J connectivity index is 1.86. The number of ketones is 1. The quantitative estimate of drug-likeness (QED) is 0.198. The molecule has 0 bridgehead atoms. The first-order valence-corrected chi connectivity index (χ1v) is 12.0. The number of carbonyl (C=O) groups is 2. The summed E-state index contributed by atoms with van der Waals surface area (Å²) in [6.45, 7) is 4.22. The fraction of sp³-hybridized carbons (Fsp3) is 0.214. The highest BCUT2D eigenvalue weighted by atomic mass is 32.1. The lowest BCUT2D eigenvalue weighted by Crippen LogP contribution is -2.03. The maximum atomic E-state index is 12.9. The van der Waals surface area contributed by atoms with Crippen molar-refractivity contribution in [2.75, 3.05) is 7.11 Å². The van der Waals surface area contributed by atoms with Crippen molar-refractivity contribution >= 4 is 35.2 Å². The third kappa shape index (κ3) is 6.59. The average molecular weight is 514 g/mol. The van der Waals surface area contributed by atoms with Gasteiger partial charge in [0, 0.05) is 27.9 Å². The Kier molecular flexibility index (Phi) is 8.66. The number of allylic oxidation sites excluding steroid dienone is 1. The van der Waals surface area contributed by atoms with Crippen LogP contribution in [0, 0.1) is 0 Å². The van der Waals surface area contributed by atoms with E-state index in [1.54, 1.807) is 30.4 Å². The van der Waals surface area contributed by atoms with Crippen molar-refractivity contribution in [3.63, 3.8) is 0 Å². The van der Waals surface area contributed by atoms with Crippen LogP contribution in [0.3, 0.4) is 0 Å². The topological polar surface area (TPSA) is 69.4 Å². The zero-order valence-corrected chi connectivity index (χ0v) is 20.9. The SMILES string of the molecule is COC(=O)C=Cc1ccc(C(=O)C=Cc2sc(-c3ccc(C(F)(F)F)cc3)cc2C(C)C)cc1CN. The minimum absolute atomic E-state index is 0.156. The maximum absolute atomic E-state index is 12.9. The summed E-state index contributed by atoms with van der Waals surface area (Å²) in [5.41, 5.74) is 8.69. The van der Waals surface area contributed by atoms with Gasteiger partial charge in [0.2, 0.25) is 0 Å². The van der Waals surface area contributed by atoms with E-state index in [9.17, 15) is 22.8 Å². The molecule has 0 aliphatic carbocycles. The molecular weight excluding hydrogens is 487 g/mol. The van der Waals surface area contributed by atoms with Gasteiger partial charge in [-0.05, 0) is 70.7 Å². The predicted molar refractivity (Wildman–Crippen MR) is 138 cm³/mol. The van der Waals surface area contributed by atoms with Crippen LogP contribution in [0.2, 0.25) is 0 Å². The highest BCUT2D eigenvalue weighted by Gasteiger charge is 2.30. The molecule has 0 radical (unpaired) electrons. The first-order valence-electron chi connectivity index (χ1n) is 11.2.